The van der Waals surface area contributed by atoms with E-state index in [0.717, 1.165) is 64.9 Å². The highest BCUT2D eigenvalue weighted by Crippen LogP contribution is 2.47. The van der Waals surface area contributed by atoms with E-state index in [2.05, 4.69) is 73.3 Å². The highest BCUT2D eigenvalue weighted by molar-refractivity contribution is 6.29. The molecule has 2 saturated carbocycles. The molecule has 69 heavy (non-hydrogen) atoms. The number of hydrogen-bond acceptors (Lipinski definition) is 19. The van der Waals surface area contributed by atoms with Crippen molar-refractivity contribution in [3.05, 3.63) is 145 Å². The number of nitrogens with one attached hydrogen (secondary N) is 1. The largest absolute Gasteiger partial charge is 0.478 e. The maximum atomic E-state index is 11.8. The highest BCUT2D eigenvalue weighted by atomic mass is 35.5. The van der Waals surface area contributed by atoms with Crippen LogP contribution in [-0.4, -0.2) is 83.8 Å². The number of hydrogen-bond donors (Lipinski definition) is 2. The first-order chi connectivity index (χ1) is 32.7. The fraction of sp³-hybridized carbons (Fsp3) is 0.362. The Morgan fingerprint density at radius 1 is 0.696 bits per heavy atom. The number of halogens is 1. The van der Waals surface area contributed by atoms with Crippen LogP contribution in [0.15, 0.2) is 78.4 Å². The van der Waals surface area contributed by atoms with Gasteiger partial charge in [0.25, 0.3) is 5.56 Å². The minimum Gasteiger partial charge on any atom is -0.478 e. The summed E-state index contributed by atoms with van der Waals surface area (Å²) in [6, 6.07) is 18.5. The molecule has 354 valence electrons. The number of rotatable bonds is 6. The summed E-state index contributed by atoms with van der Waals surface area (Å²) in [5.41, 5.74) is 5.69. The van der Waals surface area contributed by atoms with E-state index in [1.807, 2.05) is 58.9 Å². The number of carboxylic acid groups (broad SMARTS) is 1. The molecular weight excluding hydrogens is 904 g/mol. The standard InChI is InChI=1S/C12H15N3O2.C9H7N3O2.C9H9N3.C7H7N3.C5H5ClN2.C5H6N2O/c1-8-5-10(15-14-7-8)9(6-13)11(16)17-12(2,3)4;10-5-9(1-2-9)7-3-6(8(13)14)4-11-12-7;1-7-4-8(12-11-5-7)9(6-10)2-3-9;1-6-4-7(2-3-8)10-9-5-6;1-4-2-5(6)8-7-3-4;1-4-2-5(8)7-6-3-4/h5,7,9H,1-4H3;3-4H,1-2H2,(H,13,14);4-5H,2-3H2,1H3;4-5H,2H2,1H3;2-3H,1H3;2-3H,1H3,(H,7,8). The van der Waals surface area contributed by atoms with E-state index in [-0.39, 0.29) is 16.5 Å². The van der Waals surface area contributed by atoms with E-state index < -0.39 is 28.9 Å². The average Bonchev–Trinajstić information content (AvgIpc) is 4.24. The van der Waals surface area contributed by atoms with Crippen molar-refractivity contribution >= 4 is 23.5 Å². The number of nitrogens with zero attached hydrogens (tertiary/aromatic N) is 15. The van der Waals surface area contributed by atoms with Crippen molar-refractivity contribution in [3.8, 4) is 24.3 Å². The number of aromatic carboxylic acids is 1. The molecule has 0 radical (unpaired) electrons. The predicted octanol–water partition coefficient (Wildman–Crippen LogP) is 6.17. The van der Waals surface area contributed by atoms with Gasteiger partial charge in [-0.05, 0) is 139 Å². The Hall–Kier alpha value is -8.53. The third kappa shape index (κ3) is 19.1. The van der Waals surface area contributed by atoms with Crippen molar-refractivity contribution in [1.82, 2.24) is 61.2 Å². The van der Waals surface area contributed by atoms with Crippen molar-refractivity contribution in [2.45, 2.75) is 110 Å². The van der Waals surface area contributed by atoms with Gasteiger partial charge in [-0.15, -0.1) is 5.10 Å². The van der Waals surface area contributed by atoms with Gasteiger partial charge in [0.05, 0.1) is 96.2 Å². The van der Waals surface area contributed by atoms with Gasteiger partial charge in [0, 0.05) is 6.07 Å². The molecule has 1 atom stereocenters. The van der Waals surface area contributed by atoms with Crippen LogP contribution in [0.25, 0.3) is 0 Å². The topological polar surface area (TPSA) is 333 Å². The molecule has 8 rings (SSSR count). The lowest BCUT2D eigenvalue weighted by atomic mass is 10.0. The number of esters is 1. The summed E-state index contributed by atoms with van der Waals surface area (Å²) in [6.45, 7) is 14.7. The summed E-state index contributed by atoms with van der Waals surface area (Å²) in [5, 5.41) is 87.4. The molecule has 0 aromatic carbocycles. The first-order valence-electron chi connectivity index (χ1n) is 20.9. The molecule has 0 spiro atoms. The second-order valence-corrected chi connectivity index (χ2v) is 17.0. The summed E-state index contributed by atoms with van der Waals surface area (Å²) < 4.78 is 5.16. The lowest BCUT2D eigenvalue weighted by Crippen LogP contribution is -2.27. The molecule has 2 aliphatic carbocycles. The first kappa shape index (κ1) is 54.8. The van der Waals surface area contributed by atoms with Crippen LogP contribution >= 0.6 is 11.6 Å². The van der Waals surface area contributed by atoms with Gasteiger partial charge in [0.2, 0.25) is 0 Å². The monoisotopic (exact) mass is 952 g/mol. The molecule has 6 aromatic rings. The SMILES string of the molecule is Cc1cn[nH]c(=O)c1.Cc1cnnc(C(C#N)C(=O)OC(C)(C)C)c1.Cc1cnnc(C2(C#N)CC2)c1.Cc1cnnc(CC#N)c1.Cc1cnnc(Cl)c1.N#CC1(c2cc(C(=O)O)cnn2)CC1. The van der Waals surface area contributed by atoms with Crippen LogP contribution in [0.3, 0.4) is 0 Å². The van der Waals surface area contributed by atoms with Gasteiger partial charge in [-0.2, -0.15) is 72.0 Å². The Kier molecular flexibility index (Phi) is 20.6. The zero-order valence-corrected chi connectivity index (χ0v) is 40.0. The number of aromatic nitrogens is 12. The third-order valence-electron chi connectivity index (χ3n) is 9.14. The van der Waals surface area contributed by atoms with E-state index in [1.54, 1.807) is 63.9 Å². The Balaban J connectivity index is 0.000000224. The number of carbonyl (C=O) groups excluding carboxylic acids is 1. The molecule has 0 amide bonds. The Labute approximate surface area is 403 Å². The molecule has 2 fully saturated rings. The van der Waals surface area contributed by atoms with Gasteiger partial charge >= 0.3 is 11.9 Å². The molecule has 6 heterocycles. The zero-order chi connectivity index (χ0) is 51.2. The number of H-pyrrole nitrogens is 1. The average molecular weight is 953 g/mol. The normalized spacial score (nSPS) is 13.2. The predicted molar refractivity (Wildman–Crippen MR) is 247 cm³/mol. The maximum Gasteiger partial charge on any atom is 0.337 e. The molecular formula is C47H49ClN16O5. The van der Waals surface area contributed by atoms with Crippen LogP contribution in [0.5, 0.6) is 0 Å². The Morgan fingerprint density at radius 2 is 1.19 bits per heavy atom. The Morgan fingerprint density at radius 3 is 1.59 bits per heavy atom. The van der Waals surface area contributed by atoms with Gasteiger partial charge < -0.3 is 9.84 Å². The van der Waals surface area contributed by atoms with E-state index in [9.17, 15) is 14.4 Å². The van der Waals surface area contributed by atoms with Crippen molar-refractivity contribution in [2.75, 3.05) is 0 Å². The van der Waals surface area contributed by atoms with E-state index in [0.29, 0.717) is 23.0 Å². The van der Waals surface area contributed by atoms with Crippen LogP contribution in [0, 0.1) is 79.9 Å². The summed E-state index contributed by atoms with van der Waals surface area (Å²) in [4.78, 5) is 32.8. The zero-order valence-electron chi connectivity index (χ0n) is 39.2. The molecule has 0 saturated heterocycles. The molecule has 2 aliphatic rings. The third-order valence-corrected chi connectivity index (χ3v) is 9.33. The quantitative estimate of drug-likeness (QED) is 0.176. The second kappa shape index (κ2) is 26.0. The number of aromatic amines is 1. The lowest BCUT2D eigenvalue weighted by molar-refractivity contribution is -0.155. The summed E-state index contributed by atoms with van der Waals surface area (Å²) in [5.74, 6) is -2.67. The van der Waals surface area contributed by atoms with Crippen molar-refractivity contribution < 1.29 is 19.4 Å². The van der Waals surface area contributed by atoms with Crippen LogP contribution in [0.2, 0.25) is 5.15 Å². The molecule has 21 nitrogen and oxygen atoms in total. The van der Waals surface area contributed by atoms with Crippen LogP contribution in [0.4, 0.5) is 0 Å². The summed E-state index contributed by atoms with van der Waals surface area (Å²) in [7, 11) is 0. The van der Waals surface area contributed by atoms with Gasteiger partial charge in [0.15, 0.2) is 11.1 Å². The van der Waals surface area contributed by atoms with Gasteiger partial charge in [-0.1, -0.05) is 11.6 Å². The second-order valence-electron chi connectivity index (χ2n) is 16.6. The number of carboxylic acids is 1. The van der Waals surface area contributed by atoms with Crippen molar-refractivity contribution in [2.24, 2.45) is 0 Å². The van der Waals surface area contributed by atoms with E-state index >= 15 is 0 Å². The fourth-order valence-corrected chi connectivity index (χ4v) is 5.55. The van der Waals surface area contributed by atoms with Crippen molar-refractivity contribution in [3.63, 3.8) is 0 Å². The number of nitriles is 4. The minimum atomic E-state index is -1.05. The molecule has 1 unspecified atom stereocenters. The van der Waals surface area contributed by atoms with Crippen LogP contribution in [0.1, 0.15) is 113 Å². The first-order valence-corrected chi connectivity index (χ1v) is 21.3. The lowest BCUT2D eigenvalue weighted by Gasteiger charge is -2.21. The highest BCUT2D eigenvalue weighted by Gasteiger charge is 2.47. The Bertz CT molecular complexity index is 2910. The van der Waals surface area contributed by atoms with Gasteiger partial charge in [-0.25, -0.2) is 9.89 Å². The fourth-order valence-electron chi connectivity index (χ4n) is 5.34. The van der Waals surface area contributed by atoms with Gasteiger partial charge in [0.1, 0.15) is 16.4 Å². The molecule has 0 bridgehead atoms. The number of carbonyl (C=O) groups is 2. The molecule has 0 aliphatic heterocycles. The van der Waals surface area contributed by atoms with E-state index in [4.69, 9.17) is 42.5 Å². The number of ether oxygens (including phenoxy) is 1. The van der Waals surface area contributed by atoms with E-state index in [1.165, 1.54) is 18.3 Å². The van der Waals surface area contributed by atoms with Gasteiger partial charge in [-0.3, -0.25) is 9.59 Å². The molecule has 2 N–H and O–H groups in total. The maximum absolute atomic E-state index is 11.8. The van der Waals surface area contributed by atoms with Crippen LogP contribution < -0.4 is 5.56 Å². The summed E-state index contributed by atoms with van der Waals surface area (Å²) >= 11 is 5.47. The smallest absolute Gasteiger partial charge is 0.337 e. The number of aryl methyl sites for hydroxylation is 5. The molecule has 22 heteroatoms. The van der Waals surface area contributed by atoms with Crippen LogP contribution in [-0.2, 0) is 26.8 Å². The molecule has 6 aromatic heterocycles. The minimum absolute atomic E-state index is 0.0801. The summed E-state index contributed by atoms with van der Waals surface area (Å²) in [6.07, 6.45) is 13.1. The van der Waals surface area contributed by atoms with Crippen molar-refractivity contribution in [1.29, 1.82) is 21.0 Å².